The quantitative estimate of drug-likeness (QED) is 0.251. The first kappa shape index (κ1) is 32.9. The topological polar surface area (TPSA) is 122 Å². The van der Waals surface area contributed by atoms with Crippen molar-refractivity contribution >= 4 is 35.0 Å². The van der Waals surface area contributed by atoms with Crippen molar-refractivity contribution in [1.29, 1.82) is 0 Å². The third-order valence-electron chi connectivity index (χ3n) is 10.4. The van der Waals surface area contributed by atoms with E-state index in [-0.39, 0.29) is 22.6 Å². The summed E-state index contributed by atoms with van der Waals surface area (Å²) in [6, 6.07) is 13.5. The smallest absolute Gasteiger partial charge is 0.220 e. The Bertz CT molecular complexity index is 1870. The molecule has 4 aliphatic rings. The average Bonchev–Trinajstić information content (AvgIpc) is 3.68. The summed E-state index contributed by atoms with van der Waals surface area (Å²) >= 11 is 14.2. The first-order chi connectivity index (χ1) is 24.2. The lowest BCUT2D eigenvalue weighted by molar-refractivity contribution is -0.121. The van der Waals surface area contributed by atoms with Gasteiger partial charge >= 0.3 is 0 Å². The van der Waals surface area contributed by atoms with Crippen LogP contribution in [0.1, 0.15) is 24.1 Å². The predicted molar refractivity (Wildman–Crippen MR) is 190 cm³/mol. The van der Waals surface area contributed by atoms with Gasteiger partial charge in [-0.25, -0.2) is 4.98 Å². The van der Waals surface area contributed by atoms with E-state index in [2.05, 4.69) is 25.4 Å². The largest absolute Gasteiger partial charge is 0.495 e. The fourth-order valence-corrected chi connectivity index (χ4v) is 8.68. The van der Waals surface area contributed by atoms with Crippen LogP contribution in [0.2, 0.25) is 10.0 Å². The van der Waals surface area contributed by atoms with E-state index in [4.69, 9.17) is 42.6 Å². The minimum atomic E-state index is 0.0432. The lowest BCUT2D eigenvalue weighted by Crippen LogP contribution is -2.56. The highest BCUT2D eigenvalue weighted by molar-refractivity contribution is 6.39. The maximum atomic E-state index is 11.7. The normalized spacial score (nSPS) is 19.3. The minimum Gasteiger partial charge on any atom is -0.495 e. The molecule has 4 aliphatic heterocycles. The number of carbonyl (C=O) groups excluding carboxylic acids is 2. The van der Waals surface area contributed by atoms with Crippen LogP contribution in [0.15, 0.2) is 54.9 Å². The number of nitrogens with zero attached hydrogens (tertiary/aromatic N) is 5. The lowest BCUT2D eigenvalue weighted by atomic mass is 9.79. The molecule has 0 bridgehead atoms. The van der Waals surface area contributed by atoms with Gasteiger partial charge in [-0.15, -0.1) is 0 Å². The molecule has 0 radical (unpaired) electrons. The van der Waals surface area contributed by atoms with E-state index in [0.29, 0.717) is 59.0 Å². The first-order valence-electron chi connectivity index (χ1n) is 16.7. The van der Waals surface area contributed by atoms with Gasteiger partial charge in [-0.1, -0.05) is 47.5 Å². The van der Waals surface area contributed by atoms with E-state index < -0.39 is 0 Å². The molecule has 8 rings (SSSR count). The molecule has 0 atom stereocenters. The molecule has 2 amide bonds. The Kier molecular flexibility index (Phi) is 8.42. The Morgan fingerprint density at radius 1 is 0.800 bits per heavy atom. The maximum Gasteiger partial charge on any atom is 0.220 e. The molecular formula is C37H37Cl2N7O4. The molecule has 0 aliphatic carbocycles. The molecule has 2 N–H and O–H groups in total. The standard InChI is InChI=1S/C37H37Cl2N7O4/c1-49-29-10-23(13-41-28(29)15-46-20-37(21-46)12-31(48)43-17-37)34-33(39)25(8-9-40-34)24-4-3-5-26(32(24)38)27-7-6-22(35(44-27)50-2)14-45-18-36(19-45)11-30(47)42-16-36/h3-10,13H,11-12,14-21H2,1-2H3,(H,42,47)(H,43,48). The summed E-state index contributed by atoms with van der Waals surface area (Å²) in [7, 11) is 3.25. The highest BCUT2D eigenvalue weighted by Crippen LogP contribution is 2.43. The Labute approximate surface area is 300 Å². The van der Waals surface area contributed by atoms with Gasteiger partial charge < -0.3 is 20.1 Å². The molecule has 3 aromatic heterocycles. The van der Waals surface area contributed by atoms with Crippen molar-refractivity contribution in [2.24, 2.45) is 10.8 Å². The van der Waals surface area contributed by atoms with Crippen LogP contribution in [0.5, 0.6) is 11.6 Å². The van der Waals surface area contributed by atoms with Gasteiger partial charge in [0.05, 0.1) is 41.3 Å². The average molecular weight is 715 g/mol. The molecule has 4 aromatic rings. The number of hydrogen-bond donors (Lipinski definition) is 2. The molecule has 0 saturated carbocycles. The number of nitrogens with one attached hydrogen (secondary N) is 2. The molecule has 7 heterocycles. The highest BCUT2D eigenvalue weighted by atomic mass is 35.5. The zero-order chi connectivity index (χ0) is 34.6. The van der Waals surface area contributed by atoms with Crippen molar-refractivity contribution < 1.29 is 19.1 Å². The highest BCUT2D eigenvalue weighted by Gasteiger charge is 2.49. The zero-order valence-corrected chi connectivity index (χ0v) is 29.4. The van der Waals surface area contributed by atoms with E-state index in [1.807, 2.05) is 42.5 Å². The molecule has 11 nitrogen and oxygen atoms in total. The molecule has 1 aromatic carbocycles. The van der Waals surface area contributed by atoms with Crippen LogP contribution in [-0.4, -0.2) is 90.1 Å². The Morgan fingerprint density at radius 3 is 2.10 bits per heavy atom. The summed E-state index contributed by atoms with van der Waals surface area (Å²) < 4.78 is 11.5. The Hall–Kier alpha value is -4.29. The monoisotopic (exact) mass is 713 g/mol. The number of aromatic nitrogens is 3. The summed E-state index contributed by atoms with van der Waals surface area (Å²) in [4.78, 5) is 42.3. The van der Waals surface area contributed by atoms with E-state index in [0.717, 1.165) is 72.8 Å². The van der Waals surface area contributed by atoms with Gasteiger partial charge in [0.2, 0.25) is 17.7 Å². The lowest BCUT2D eigenvalue weighted by Gasteiger charge is -2.47. The van der Waals surface area contributed by atoms with Gasteiger partial charge in [0.15, 0.2) is 0 Å². The van der Waals surface area contributed by atoms with Crippen LogP contribution in [-0.2, 0) is 22.7 Å². The fourth-order valence-electron chi connectivity index (χ4n) is 8.04. The van der Waals surface area contributed by atoms with E-state index >= 15 is 0 Å². The number of halogens is 2. The number of carbonyl (C=O) groups is 2. The molecular weight excluding hydrogens is 677 g/mol. The van der Waals surface area contributed by atoms with Crippen LogP contribution in [0, 0.1) is 10.8 Å². The molecule has 2 spiro atoms. The summed E-state index contributed by atoms with van der Waals surface area (Å²) in [5.41, 5.74) is 6.09. The molecule has 50 heavy (non-hydrogen) atoms. The van der Waals surface area contributed by atoms with Crippen molar-refractivity contribution in [3.05, 3.63) is 76.2 Å². The maximum absolute atomic E-state index is 11.7. The van der Waals surface area contributed by atoms with Gasteiger partial charge in [0.25, 0.3) is 0 Å². The SMILES string of the molecule is COc1cc(-c2nccc(-c3cccc(-c4ccc(CN5CC6(CNC(=O)C6)C5)c(OC)n4)c3Cl)c2Cl)cnc1CN1CC2(CNC(=O)C2)C1. The second-order valence-corrected chi connectivity index (χ2v) is 14.9. The first-order valence-corrected chi connectivity index (χ1v) is 17.4. The Morgan fingerprint density at radius 2 is 1.46 bits per heavy atom. The van der Waals surface area contributed by atoms with Crippen LogP contribution in [0.4, 0.5) is 0 Å². The summed E-state index contributed by atoms with van der Waals surface area (Å²) in [6.45, 7) is 6.23. The molecule has 4 saturated heterocycles. The molecule has 258 valence electrons. The molecule has 13 heteroatoms. The Balaban J connectivity index is 1.01. The number of amides is 2. The second-order valence-electron chi connectivity index (χ2n) is 14.1. The third-order valence-corrected chi connectivity index (χ3v) is 11.2. The van der Waals surface area contributed by atoms with E-state index in [1.54, 1.807) is 26.6 Å². The number of benzene rings is 1. The molecule has 0 unspecified atom stereocenters. The van der Waals surface area contributed by atoms with Crippen molar-refractivity contribution in [2.75, 3.05) is 53.5 Å². The summed E-state index contributed by atoms with van der Waals surface area (Å²) in [6.07, 6.45) is 4.66. The zero-order valence-electron chi connectivity index (χ0n) is 27.9. The number of rotatable bonds is 9. The van der Waals surface area contributed by atoms with E-state index in [9.17, 15) is 9.59 Å². The fraction of sp³-hybridized carbons (Fsp3) is 0.378. The van der Waals surface area contributed by atoms with Crippen LogP contribution in [0.25, 0.3) is 33.6 Å². The summed E-state index contributed by atoms with van der Waals surface area (Å²) in [5.74, 6) is 1.45. The second kappa shape index (κ2) is 12.8. The number of pyridine rings is 3. The van der Waals surface area contributed by atoms with Crippen LogP contribution >= 0.6 is 23.2 Å². The summed E-state index contributed by atoms with van der Waals surface area (Å²) in [5, 5.41) is 6.86. The third kappa shape index (κ3) is 5.96. The number of hydrogen-bond acceptors (Lipinski definition) is 9. The van der Waals surface area contributed by atoms with Gasteiger partial charge in [-0.2, -0.15) is 0 Å². The van der Waals surface area contributed by atoms with Gasteiger partial charge in [0, 0.05) is 116 Å². The van der Waals surface area contributed by atoms with Crippen LogP contribution < -0.4 is 20.1 Å². The van der Waals surface area contributed by atoms with Crippen molar-refractivity contribution in [1.82, 2.24) is 35.4 Å². The van der Waals surface area contributed by atoms with Gasteiger partial charge in [0.1, 0.15) is 5.75 Å². The van der Waals surface area contributed by atoms with Crippen molar-refractivity contribution in [3.8, 4) is 45.3 Å². The number of methoxy groups -OCH3 is 2. The molecule has 4 fully saturated rings. The van der Waals surface area contributed by atoms with Crippen molar-refractivity contribution in [2.45, 2.75) is 25.9 Å². The van der Waals surface area contributed by atoms with E-state index in [1.165, 1.54) is 0 Å². The number of ether oxygens (including phenoxy) is 2. The van der Waals surface area contributed by atoms with Gasteiger partial charge in [-0.3, -0.25) is 29.4 Å². The van der Waals surface area contributed by atoms with Crippen LogP contribution in [0.3, 0.4) is 0 Å². The number of likely N-dealkylation sites (tertiary alicyclic amines) is 2. The van der Waals surface area contributed by atoms with Crippen molar-refractivity contribution in [3.63, 3.8) is 0 Å². The van der Waals surface area contributed by atoms with Gasteiger partial charge in [-0.05, 0) is 18.2 Å². The predicted octanol–water partition coefficient (Wildman–Crippen LogP) is 4.84. The minimum absolute atomic E-state index is 0.0432.